The molecule has 6 nitrogen and oxygen atoms in total. The first-order valence-corrected chi connectivity index (χ1v) is 7.50. The lowest BCUT2D eigenvalue weighted by molar-refractivity contribution is 0.491. The second kappa shape index (κ2) is 6.43. The minimum absolute atomic E-state index is 0.0670. The van der Waals surface area contributed by atoms with E-state index in [0.717, 1.165) is 18.5 Å². The summed E-state index contributed by atoms with van der Waals surface area (Å²) in [6, 6.07) is 5.48. The maximum absolute atomic E-state index is 14.0. The van der Waals surface area contributed by atoms with Crippen LogP contribution in [0.15, 0.2) is 53.5 Å². The summed E-state index contributed by atoms with van der Waals surface area (Å²) in [7, 11) is 0. The number of benzene rings is 1. The van der Waals surface area contributed by atoms with E-state index in [9.17, 15) is 13.2 Å². The molecule has 0 atom stereocenters. The topological polar surface area (TPSA) is 69.6 Å². The smallest absolute Gasteiger partial charge is 0.244 e. The van der Waals surface area contributed by atoms with Crippen molar-refractivity contribution in [3.05, 3.63) is 72.1 Å². The van der Waals surface area contributed by atoms with E-state index >= 15 is 0 Å². The molecule has 0 spiro atoms. The number of rotatable bonds is 4. The maximum atomic E-state index is 14.0. The van der Waals surface area contributed by atoms with Gasteiger partial charge in [0.25, 0.3) is 0 Å². The van der Waals surface area contributed by atoms with E-state index in [2.05, 4.69) is 20.1 Å². The first-order valence-electron chi connectivity index (χ1n) is 7.50. The highest BCUT2D eigenvalue weighted by atomic mass is 19.2. The zero-order valence-electron chi connectivity index (χ0n) is 13.1. The van der Waals surface area contributed by atoms with Crippen LogP contribution in [0.3, 0.4) is 0 Å². The Morgan fingerprint density at radius 1 is 1.04 bits per heavy atom. The molecule has 9 heteroatoms. The van der Waals surface area contributed by atoms with Gasteiger partial charge >= 0.3 is 0 Å². The van der Waals surface area contributed by atoms with Crippen molar-refractivity contribution in [1.29, 1.82) is 0 Å². The van der Waals surface area contributed by atoms with Crippen molar-refractivity contribution >= 4 is 0 Å². The lowest BCUT2D eigenvalue weighted by Crippen LogP contribution is -2.07. The van der Waals surface area contributed by atoms with Crippen LogP contribution in [0.2, 0.25) is 0 Å². The first-order chi connectivity index (χ1) is 12.6. The van der Waals surface area contributed by atoms with Gasteiger partial charge in [0.05, 0.1) is 25.1 Å². The standard InChI is InChI=1S/C17H10F3N5O/c18-11-7-22-16(23-8-11)13-6-14(17-21-4-5-26-17)25(24-13)9-10-2-1-3-12(19)15(10)20/h1-8H,9H2. The third kappa shape index (κ3) is 2.94. The third-order valence-corrected chi connectivity index (χ3v) is 3.63. The van der Waals surface area contributed by atoms with Gasteiger partial charge in [-0.3, -0.25) is 4.68 Å². The lowest BCUT2D eigenvalue weighted by Gasteiger charge is -2.07. The minimum Gasteiger partial charge on any atom is -0.443 e. The van der Waals surface area contributed by atoms with Gasteiger partial charge in [0.15, 0.2) is 23.3 Å². The van der Waals surface area contributed by atoms with Crippen LogP contribution in [0.4, 0.5) is 13.2 Å². The quantitative estimate of drug-likeness (QED) is 0.559. The largest absolute Gasteiger partial charge is 0.443 e. The molecule has 0 fully saturated rings. The average Bonchev–Trinajstić information content (AvgIpc) is 3.29. The van der Waals surface area contributed by atoms with Crippen molar-refractivity contribution in [2.75, 3.05) is 0 Å². The van der Waals surface area contributed by atoms with Gasteiger partial charge < -0.3 is 4.42 Å². The van der Waals surface area contributed by atoms with Crippen LogP contribution in [0, 0.1) is 17.5 Å². The van der Waals surface area contributed by atoms with Crippen molar-refractivity contribution in [1.82, 2.24) is 24.7 Å². The van der Waals surface area contributed by atoms with E-state index in [1.807, 2.05) is 0 Å². The molecule has 3 heterocycles. The molecule has 0 saturated heterocycles. The molecule has 1 aromatic carbocycles. The van der Waals surface area contributed by atoms with Crippen molar-refractivity contribution in [3.63, 3.8) is 0 Å². The molecule has 0 N–H and O–H groups in total. The van der Waals surface area contributed by atoms with Gasteiger partial charge in [0.1, 0.15) is 17.7 Å². The second-order valence-corrected chi connectivity index (χ2v) is 5.35. The summed E-state index contributed by atoms with van der Waals surface area (Å²) in [6.07, 6.45) is 4.85. The Morgan fingerprint density at radius 2 is 1.85 bits per heavy atom. The fourth-order valence-electron chi connectivity index (χ4n) is 2.45. The highest BCUT2D eigenvalue weighted by molar-refractivity contribution is 5.59. The molecular formula is C17H10F3N5O. The number of aromatic nitrogens is 5. The summed E-state index contributed by atoms with van der Waals surface area (Å²) in [6.45, 7) is -0.0670. The molecule has 130 valence electrons. The average molecular weight is 357 g/mol. The van der Waals surface area contributed by atoms with E-state index in [0.29, 0.717) is 11.4 Å². The summed E-state index contributed by atoms with van der Waals surface area (Å²) in [5.74, 6) is -2.07. The minimum atomic E-state index is -0.957. The molecule has 0 saturated carbocycles. The van der Waals surface area contributed by atoms with Crippen molar-refractivity contribution in [3.8, 4) is 23.1 Å². The molecule has 3 aromatic heterocycles. The van der Waals surface area contributed by atoms with Crippen LogP contribution in [0.1, 0.15) is 5.56 Å². The van der Waals surface area contributed by atoms with Crippen LogP contribution in [-0.4, -0.2) is 24.7 Å². The van der Waals surface area contributed by atoms with E-state index in [1.54, 1.807) is 6.07 Å². The van der Waals surface area contributed by atoms with Crippen LogP contribution in [0.5, 0.6) is 0 Å². The number of halogens is 3. The van der Waals surface area contributed by atoms with Gasteiger partial charge in [-0.2, -0.15) is 5.10 Å². The van der Waals surface area contributed by atoms with Gasteiger partial charge in [-0.1, -0.05) is 12.1 Å². The highest BCUT2D eigenvalue weighted by Gasteiger charge is 2.18. The van der Waals surface area contributed by atoms with Crippen molar-refractivity contribution in [2.24, 2.45) is 0 Å². The van der Waals surface area contributed by atoms with E-state index in [1.165, 1.54) is 29.3 Å². The van der Waals surface area contributed by atoms with E-state index in [-0.39, 0.29) is 23.8 Å². The van der Waals surface area contributed by atoms with E-state index < -0.39 is 17.5 Å². The Hall–Kier alpha value is -3.49. The zero-order chi connectivity index (χ0) is 18.1. The maximum Gasteiger partial charge on any atom is 0.244 e. The first kappa shape index (κ1) is 16.0. The van der Waals surface area contributed by atoms with Crippen molar-refractivity contribution < 1.29 is 17.6 Å². The van der Waals surface area contributed by atoms with Crippen LogP contribution >= 0.6 is 0 Å². The Balaban J connectivity index is 1.79. The van der Waals surface area contributed by atoms with Gasteiger partial charge in [0.2, 0.25) is 5.89 Å². The van der Waals surface area contributed by atoms with Gasteiger partial charge in [-0.25, -0.2) is 28.1 Å². The summed E-state index contributed by atoms with van der Waals surface area (Å²) in [5, 5.41) is 4.31. The summed E-state index contributed by atoms with van der Waals surface area (Å²) >= 11 is 0. The number of hydrogen-bond donors (Lipinski definition) is 0. The SMILES string of the molecule is Fc1cnc(-c2cc(-c3ncco3)n(Cc3cccc(F)c3F)n2)nc1. The molecule has 0 aliphatic carbocycles. The molecule has 26 heavy (non-hydrogen) atoms. The Bertz CT molecular complexity index is 1040. The fraction of sp³-hybridized carbons (Fsp3) is 0.0588. The van der Waals surface area contributed by atoms with E-state index in [4.69, 9.17) is 4.42 Å². The second-order valence-electron chi connectivity index (χ2n) is 5.35. The normalized spacial score (nSPS) is 11.0. The predicted molar refractivity (Wildman–Crippen MR) is 84.2 cm³/mol. The fourth-order valence-corrected chi connectivity index (χ4v) is 2.45. The summed E-state index contributed by atoms with van der Waals surface area (Å²) < 4.78 is 47.2. The van der Waals surface area contributed by atoms with Crippen LogP contribution < -0.4 is 0 Å². The molecule has 4 rings (SSSR count). The molecule has 0 amide bonds. The summed E-state index contributed by atoms with van der Waals surface area (Å²) in [4.78, 5) is 11.8. The van der Waals surface area contributed by atoms with Gasteiger partial charge in [-0.05, 0) is 6.07 Å². The van der Waals surface area contributed by atoms with Crippen molar-refractivity contribution in [2.45, 2.75) is 6.54 Å². The Morgan fingerprint density at radius 3 is 2.58 bits per heavy atom. The molecule has 0 unspecified atom stereocenters. The predicted octanol–water partition coefficient (Wildman–Crippen LogP) is 3.46. The monoisotopic (exact) mass is 357 g/mol. The Kier molecular flexibility index (Phi) is 3.96. The Labute approximate surface area is 145 Å². The molecule has 0 aliphatic rings. The van der Waals surface area contributed by atoms with Gasteiger partial charge in [-0.15, -0.1) is 0 Å². The number of nitrogens with zero attached hydrogens (tertiary/aromatic N) is 5. The number of oxazole rings is 1. The zero-order valence-corrected chi connectivity index (χ0v) is 13.1. The molecule has 0 radical (unpaired) electrons. The molecule has 0 bridgehead atoms. The third-order valence-electron chi connectivity index (χ3n) is 3.63. The molecule has 4 aromatic rings. The lowest BCUT2D eigenvalue weighted by atomic mass is 10.2. The van der Waals surface area contributed by atoms with Crippen LogP contribution in [-0.2, 0) is 6.54 Å². The summed E-state index contributed by atoms with van der Waals surface area (Å²) in [5.41, 5.74) is 0.837. The molecular weight excluding hydrogens is 347 g/mol. The highest BCUT2D eigenvalue weighted by Crippen LogP contribution is 2.25. The molecule has 0 aliphatic heterocycles. The van der Waals surface area contributed by atoms with Gasteiger partial charge in [0, 0.05) is 11.6 Å². The number of hydrogen-bond acceptors (Lipinski definition) is 5. The van der Waals surface area contributed by atoms with Crippen LogP contribution in [0.25, 0.3) is 23.1 Å².